The lowest BCUT2D eigenvalue weighted by molar-refractivity contribution is -0.124. The zero-order chi connectivity index (χ0) is 17.0. The zero-order valence-corrected chi connectivity index (χ0v) is 14.0. The molecular formula is C16H22N4O3. The number of carbonyl (C=O) groups is 1. The SMILES string of the molecule is COc1cc(C)c([C@H](C)NC(=O)[C@H](C)n2cncn2)cc1OC. The van der Waals surface area contributed by atoms with Crippen LogP contribution in [-0.2, 0) is 4.79 Å². The van der Waals surface area contributed by atoms with Crippen molar-refractivity contribution >= 4 is 5.91 Å². The van der Waals surface area contributed by atoms with Gasteiger partial charge in [-0.15, -0.1) is 0 Å². The van der Waals surface area contributed by atoms with E-state index in [1.807, 2.05) is 26.0 Å². The molecule has 0 aliphatic rings. The van der Waals surface area contributed by atoms with Gasteiger partial charge in [0.05, 0.1) is 20.3 Å². The number of ether oxygens (including phenoxy) is 2. The summed E-state index contributed by atoms with van der Waals surface area (Å²) in [5.74, 6) is 1.18. The predicted octanol–water partition coefficient (Wildman–Crippen LogP) is 2.04. The van der Waals surface area contributed by atoms with Crippen molar-refractivity contribution in [2.24, 2.45) is 0 Å². The monoisotopic (exact) mass is 318 g/mol. The van der Waals surface area contributed by atoms with Gasteiger partial charge in [-0.3, -0.25) is 4.79 Å². The number of benzene rings is 1. The molecule has 0 unspecified atom stereocenters. The van der Waals surface area contributed by atoms with Crippen LogP contribution in [0.3, 0.4) is 0 Å². The third-order valence-electron chi connectivity index (χ3n) is 3.81. The Balaban J connectivity index is 2.17. The highest BCUT2D eigenvalue weighted by Crippen LogP contribution is 2.32. The fourth-order valence-corrected chi connectivity index (χ4v) is 2.41. The van der Waals surface area contributed by atoms with Gasteiger partial charge in [-0.1, -0.05) is 0 Å². The summed E-state index contributed by atoms with van der Waals surface area (Å²) in [4.78, 5) is 16.2. The highest BCUT2D eigenvalue weighted by atomic mass is 16.5. The summed E-state index contributed by atoms with van der Waals surface area (Å²) >= 11 is 0. The summed E-state index contributed by atoms with van der Waals surface area (Å²) < 4.78 is 12.1. The second-order valence-electron chi connectivity index (χ2n) is 5.35. The maximum atomic E-state index is 12.4. The van der Waals surface area contributed by atoms with Gasteiger partial charge in [0.1, 0.15) is 18.7 Å². The number of nitrogens with one attached hydrogen (secondary N) is 1. The smallest absolute Gasteiger partial charge is 0.245 e. The van der Waals surface area contributed by atoms with Gasteiger partial charge >= 0.3 is 0 Å². The highest BCUT2D eigenvalue weighted by molar-refractivity contribution is 5.80. The lowest BCUT2D eigenvalue weighted by Crippen LogP contribution is -2.33. The number of hydrogen-bond acceptors (Lipinski definition) is 5. The van der Waals surface area contributed by atoms with Crippen LogP contribution >= 0.6 is 0 Å². The molecule has 1 aromatic carbocycles. The molecule has 0 aliphatic heterocycles. The molecule has 0 saturated carbocycles. The van der Waals surface area contributed by atoms with Crippen molar-refractivity contribution < 1.29 is 14.3 Å². The Bertz CT molecular complexity index is 670. The lowest BCUT2D eigenvalue weighted by Gasteiger charge is -2.21. The van der Waals surface area contributed by atoms with Gasteiger partial charge in [0.25, 0.3) is 0 Å². The number of rotatable bonds is 6. The van der Waals surface area contributed by atoms with Crippen LogP contribution in [0.2, 0.25) is 0 Å². The molecule has 1 aromatic heterocycles. The number of amides is 1. The quantitative estimate of drug-likeness (QED) is 0.882. The zero-order valence-electron chi connectivity index (χ0n) is 14.0. The third-order valence-corrected chi connectivity index (χ3v) is 3.81. The van der Waals surface area contributed by atoms with E-state index in [4.69, 9.17) is 9.47 Å². The number of aryl methyl sites for hydroxylation is 1. The van der Waals surface area contributed by atoms with Crippen LogP contribution in [0.25, 0.3) is 0 Å². The van der Waals surface area contributed by atoms with Crippen LogP contribution in [0.4, 0.5) is 0 Å². The van der Waals surface area contributed by atoms with Crippen LogP contribution in [0, 0.1) is 6.92 Å². The van der Waals surface area contributed by atoms with Gasteiger partial charge in [-0.2, -0.15) is 5.10 Å². The van der Waals surface area contributed by atoms with Crippen molar-refractivity contribution in [3.05, 3.63) is 35.9 Å². The fourth-order valence-electron chi connectivity index (χ4n) is 2.41. The topological polar surface area (TPSA) is 78.3 Å². The Morgan fingerprint density at radius 1 is 1.22 bits per heavy atom. The van der Waals surface area contributed by atoms with Crippen molar-refractivity contribution in [2.45, 2.75) is 32.9 Å². The second kappa shape index (κ2) is 7.13. The Labute approximate surface area is 135 Å². The first-order valence-corrected chi connectivity index (χ1v) is 7.35. The molecule has 7 nitrogen and oxygen atoms in total. The van der Waals surface area contributed by atoms with E-state index in [0.717, 1.165) is 11.1 Å². The van der Waals surface area contributed by atoms with Crippen molar-refractivity contribution in [3.63, 3.8) is 0 Å². The van der Waals surface area contributed by atoms with Crippen molar-refractivity contribution in [1.82, 2.24) is 20.1 Å². The molecule has 0 radical (unpaired) electrons. The number of aromatic nitrogens is 3. The number of hydrogen-bond donors (Lipinski definition) is 1. The predicted molar refractivity (Wildman–Crippen MR) is 85.6 cm³/mol. The van der Waals surface area contributed by atoms with E-state index in [-0.39, 0.29) is 11.9 Å². The van der Waals surface area contributed by atoms with Crippen LogP contribution in [-0.4, -0.2) is 34.9 Å². The first-order valence-electron chi connectivity index (χ1n) is 7.35. The van der Waals surface area contributed by atoms with Crippen molar-refractivity contribution in [2.75, 3.05) is 14.2 Å². The van der Waals surface area contributed by atoms with E-state index in [9.17, 15) is 4.79 Å². The lowest BCUT2D eigenvalue weighted by atomic mass is 10.0. The minimum Gasteiger partial charge on any atom is -0.493 e. The van der Waals surface area contributed by atoms with Gasteiger partial charge in [0.2, 0.25) is 5.91 Å². The molecule has 7 heteroatoms. The number of nitrogens with zero attached hydrogens (tertiary/aromatic N) is 3. The maximum absolute atomic E-state index is 12.4. The van der Waals surface area contributed by atoms with Crippen LogP contribution in [0.15, 0.2) is 24.8 Å². The van der Waals surface area contributed by atoms with Crippen LogP contribution in [0.5, 0.6) is 11.5 Å². The minimum absolute atomic E-state index is 0.128. The average molecular weight is 318 g/mol. The minimum atomic E-state index is -0.430. The first kappa shape index (κ1) is 16.8. The molecule has 0 fully saturated rings. The molecule has 124 valence electrons. The average Bonchev–Trinajstić information content (AvgIpc) is 3.07. The first-order chi connectivity index (χ1) is 11.0. The van der Waals surface area contributed by atoms with Crippen LogP contribution in [0.1, 0.15) is 37.1 Å². The standard InChI is InChI=1S/C16H22N4O3/c1-10-6-14(22-4)15(23-5)7-13(10)11(2)19-16(21)12(3)20-9-17-8-18-20/h6-9,11-12H,1-5H3,(H,19,21)/t11-,12-/m0/s1. The number of methoxy groups -OCH3 is 2. The van der Waals surface area contributed by atoms with E-state index in [0.29, 0.717) is 11.5 Å². The summed E-state index contributed by atoms with van der Waals surface area (Å²) in [5, 5.41) is 6.98. The van der Waals surface area contributed by atoms with Crippen molar-refractivity contribution in [1.29, 1.82) is 0 Å². The molecule has 2 rings (SSSR count). The Hall–Kier alpha value is -2.57. The van der Waals surface area contributed by atoms with Gasteiger partial charge in [0, 0.05) is 0 Å². The molecular weight excluding hydrogens is 296 g/mol. The van der Waals surface area contributed by atoms with Crippen LogP contribution < -0.4 is 14.8 Å². The van der Waals surface area contributed by atoms with E-state index >= 15 is 0 Å². The highest BCUT2D eigenvalue weighted by Gasteiger charge is 2.20. The summed E-state index contributed by atoms with van der Waals surface area (Å²) in [5.41, 5.74) is 1.99. The maximum Gasteiger partial charge on any atom is 0.245 e. The molecule has 0 bridgehead atoms. The summed E-state index contributed by atoms with van der Waals surface area (Å²) in [6, 6.07) is 3.19. The summed E-state index contributed by atoms with van der Waals surface area (Å²) in [7, 11) is 3.19. The molecule has 1 heterocycles. The number of carbonyl (C=O) groups excluding carboxylic acids is 1. The van der Waals surface area contributed by atoms with E-state index in [1.54, 1.807) is 21.1 Å². The normalized spacial score (nSPS) is 13.3. The van der Waals surface area contributed by atoms with E-state index in [2.05, 4.69) is 15.4 Å². The molecule has 1 N–H and O–H groups in total. The van der Waals surface area contributed by atoms with Crippen molar-refractivity contribution in [3.8, 4) is 11.5 Å². The fraction of sp³-hybridized carbons (Fsp3) is 0.438. The third kappa shape index (κ3) is 3.61. The molecule has 2 atom stereocenters. The Morgan fingerprint density at radius 3 is 2.43 bits per heavy atom. The van der Waals surface area contributed by atoms with Gasteiger partial charge < -0.3 is 14.8 Å². The Morgan fingerprint density at radius 2 is 1.87 bits per heavy atom. The summed E-state index contributed by atoms with van der Waals surface area (Å²) in [6.07, 6.45) is 2.93. The molecule has 2 aromatic rings. The molecule has 23 heavy (non-hydrogen) atoms. The Kier molecular flexibility index (Phi) is 5.20. The molecule has 1 amide bonds. The molecule has 0 spiro atoms. The van der Waals surface area contributed by atoms with Gasteiger partial charge in [0.15, 0.2) is 11.5 Å². The van der Waals surface area contributed by atoms with E-state index in [1.165, 1.54) is 17.3 Å². The largest absolute Gasteiger partial charge is 0.493 e. The second-order valence-corrected chi connectivity index (χ2v) is 5.35. The van der Waals surface area contributed by atoms with E-state index < -0.39 is 6.04 Å². The molecule has 0 saturated heterocycles. The molecule has 0 aliphatic carbocycles. The van der Waals surface area contributed by atoms with Gasteiger partial charge in [-0.05, 0) is 44.0 Å². The van der Waals surface area contributed by atoms with Gasteiger partial charge in [-0.25, -0.2) is 9.67 Å². The summed E-state index contributed by atoms with van der Waals surface area (Å²) in [6.45, 7) is 5.68.